The molecule has 0 aromatic rings. The number of hydrogen-bond donors (Lipinski definition) is 3. The van der Waals surface area contributed by atoms with Crippen LogP contribution in [-0.2, 0) is 4.74 Å². The summed E-state index contributed by atoms with van der Waals surface area (Å²) in [4.78, 5) is 11.0. The number of rotatable bonds is 3. The average molecular weight is 187 g/mol. The lowest BCUT2D eigenvalue weighted by molar-refractivity contribution is -0.0281. The zero-order chi connectivity index (χ0) is 9.84. The number of carbonyl (C=O) groups is 1. The second-order valence-electron chi connectivity index (χ2n) is 3.14. The summed E-state index contributed by atoms with van der Waals surface area (Å²) in [6.45, 7) is 2.59. The van der Waals surface area contributed by atoms with Crippen molar-refractivity contribution in [2.24, 2.45) is 5.73 Å². The van der Waals surface area contributed by atoms with Crippen molar-refractivity contribution < 1.29 is 9.53 Å². The van der Waals surface area contributed by atoms with Crippen molar-refractivity contribution in [3.8, 4) is 0 Å². The Kier molecular flexibility index (Phi) is 3.50. The van der Waals surface area contributed by atoms with Crippen LogP contribution in [0.1, 0.15) is 13.3 Å². The fourth-order valence-electron chi connectivity index (χ4n) is 1.45. The van der Waals surface area contributed by atoms with Crippen molar-refractivity contribution in [3.05, 3.63) is 0 Å². The van der Waals surface area contributed by atoms with Crippen molar-refractivity contribution in [1.29, 1.82) is 0 Å². The van der Waals surface area contributed by atoms with Gasteiger partial charge in [0.2, 0.25) is 0 Å². The van der Waals surface area contributed by atoms with Crippen LogP contribution in [0.4, 0.5) is 4.79 Å². The number of hydrogen-bond acceptors (Lipinski definition) is 3. The van der Waals surface area contributed by atoms with Gasteiger partial charge in [-0.05, 0) is 13.3 Å². The van der Waals surface area contributed by atoms with Crippen molar-refractivity contribution in [2.75, 3.05) is 13.7 Å². The molecule has 1 fully saturated rings. The van der Waals surface area contributed by atoms with Crippen LogP contribution in [0.25, 0.3) is 0 Å². The molecule has 0 saturated heterocycles. The lowest BCUT2D eigenvalue weighted by Crippen LogP contribution is -2.65. The first-order chi connectivity index (χ1) is 6.19. The van der Waals surface area contributed by atoms with Gasteiger partial charge in [0.05, 0.1) is 12.1 Å². The Balaban J connectivity index is 2.33. The van der Waals surface area contributed by atoms with E-state index in [1.54, 1.807) is 7.05 Å². The van der Waals surface area contributed by atoms with Crippen LogP contribution in [0, 0.1) is 0 Å². The van der Waals surface area contributed by atoms with Gasteiger partial charge < -0.3 is 21.1 Å². The fraction of sp³-hybridized carbons (Fsp3) is 0.875. The fourth-order valence-corrected chi connectivity index (χ4v) is 1.45. The first-order valence-corrected chi connectivity index (χ1v) is 4.54. The van der Waals surface area contributed by atoms with Gasteiger partial charge in [0.25, 0.3) is 0 Å². The molecule has 13 heavy (non-hydrogen) atoms. The van der Waals surface area contributed by atoms with Crippen LogP contribution in [-0.4, -0.2) is 37.9 Å². The molecule has 0 heterocycles. The second-order valence-corrected chi connectivity index (χ2v) is 3.14. The number of carbonyl (C=O) groups excluding carboxylic acids is 1. The quantitative estimate of drug-likeness (QED) is 0.553. The molecular formula is C8H17N3O2. The summed E-state index contributed by atoms with van der Waals surface area (Å²) >= 11 is 0. The molecule has 0 spiro atoms. The zero-order valence-corrected chi connectivity index (χ0v) is 8.04. The van der Waals surface area contributed by atoms with E-state index >= 15 is 0 Å². The molecule has 0 aromatic carbocycles. The van der Waals surface area contributed by atoms with Gasteiger partial charge in [0, 0.05) is 19.7 Å². The molecule has 5 heteroatoms. The van der Waals surface area contributed by atoms with Gasteiger partial charge >= 0.3 is 6.03 Å². The van der Waals surface area contributed by atoms with Crippen molar-refractivity contribution in [3.63, 3.8) is 0 Å². The van der Waals surface area contributed by atoms with Crippen LogP contribution in [0.3, 0.4) is 0 Å². The van der Waals surface area contributed by atoms with Crippen LogP contribution in [0.5, 0.6) is 0 Å². The molecule has 3 atom stereocenters. The minimum atomic E-state index is -0.204. The van der Waals surface area contributed by atoms with Gasteiger partial charge in [0.1, 0.15) is 0 Å². The lowest BCUT2D eigenvalue weighted by atomic mass is 9.83. The zero-order valence-electron chi connectivity index (χ0n) is 8.04. The topological polar surface area (TPSA) is 76.4 Å². The molecule has 0 aromatic heterocycles. The number of nitrogens with two attached hydrogens (primary N) is 1. The molecule has 3 unspecified atom stereocenters. The minimum Gasteiger partial charge on any atom is -0.376 e. The van der Waals surface area contributed by atoms with Crippen LogP contribution in [0.2, 0.25) is 0 Å². The SMILES string of the molecule is CCOC1CC(N)C1NC(=O)NC. The molecule has 0 bridgehead atoms. The Labute approximate surface area is 78.0 Å². The summed E-state index contributed by atoms with van der Waals surface area (Å²) in [5.74, 6) is 0. The van der Waals surface area contributed by atoms with Crippen LogP contribution in [0.15, 0.2) is 0 Å². The Hall–Kier alpha value is -0.810. The predicted octanol–water partition coefficient (Wildman–Crippen LogP) is -0.580. The third-order valence-electron chi connectivity index (χ3n) is 2.27. The van der Waals surface area contributed by atoms with E-state index < -0.39 is 0 Å². The first kappa shape index (κ1) is 10.3. The summed E-state index contributed by atoms with van der Waals surface area (Å²) in [5, 5.41) is 5.24. The molecule has 5 nitrogen and oxygen atoms in total. The number of nitrogens with one attached hydrogen (secondary N) is 2. The standard InChI is InChI=1S/C8H17N3O2/c1-3-13-6-4-5(9)7(6)11-8(12)10-2/h5-7H,3-4,9H2,1-2H3,(H2,10,11,12). The van der Waals surface area contributed by atoms with E-state index in [4.69, 9.17) is 10.5 Å². The summed E-state index contributed by atoms with van der Waals surface area (Å²) in [5.41, 5.74) is 5.72. The Bertz CT molecular complexity index is 184. The van der Waals surface area contributed by atoms with Crippen LogP contribution >= 0.6 is 0 Å². The van der Waals surface area contributed by atoms with E-state index in [0.29, 0.717) is 6.61 Å². The highest BCUT2D eigenvalue weighted by atomic mass is 16.5. The molecule has 0 aliphatic heterocycles. The maximum Gasteiger partial charge on any atom is 0.314 e. The minimum absolute atomic E-state index is 0.0221. The highest BCUT2D eigenvalue weighted by molar-refractivity contribution is 5.74. The molecule has 1 aliphatic rings. The summed E-state index contributed by atoms with van der Waals surface area (Å²) < 4.78 is 5.38. The van der Waals surface area contributed by atoms with E-state index in [1.807, 2.05) is 6.92 Å². The molecule has 4 N–H and O–H groups in total. The molecular weight excluding hydrogens is 170 g/mol. The first-order valence-electron chi connectivity index (χ1n) is 4.54. The van der Waals surface area contributed by atoms with Gasteiger partial charge in [-0.3, -0.25) is 0 Å². The largest absolute Gasteiger partial charge is 0.376 e. The van der Waals surface area contributed by atoms with Crippen molar-refractivity contribution in [2.45, 2.75) is 31.5 Å². The monoisotopic (exact) mass is 187 g/mol. The van der Waals surface area contributed by atoms with E-state index in [0.717, 1.165) is 6.42 Å². The van der Waals surface area contributed by atoms with Gasteiger partial charge in [-0.15, -0.1) is 0 Å². The van der Waals surface area contributed by atoms with Crippen molar-refractivity contribution >= 4 is 6.03 Å². The lowest BCUT2D eigenvalue weighted by Gasteiger charge is -2.42. The normalized spacial score (nSPS) is 32.1. The molecule has 1 aliphatic carbocycles. The molecule has 76 valence electrons. The third-order valence-corrected chi connectivity index (χ3v) is 2.27. The molecule has 0 radical (unpaired) electrons. The summed E-state index contributed by atoms with van der Waals surface area (Å²) in [6.07, 6.45) is 0.903. The molecule has 1 saturated carbocycles. The Morgan fingerprint density at radius 2 is 2.38 bits per heavy atom. The predicted molar refractivity (Wildman–Crippen MR) is 49.4 cm³/mol. The van der Waals surface area contributed by atoms with E-state index in [1.165, 1.54) is 0 Å². The smallest absolute Gasteiger partial charge is 0.314 e. The van der Waals surface area contributed by atoms with Crippen molar-refractivity contribution in [1.82, 2.24) is 10.6 Å². The van der Waals surface area contributed by atoms with Gasteiger partial charge in [0.15, 0.2) is 0 Å². The van der Waals surface area contributed by atoms with Gasteiger partial charge in [-0.25, -0.2) is 4.79 Å². The number of ether oxygens (including phenoxy) is 1. The van der Waals surface area contributed by atoms with Gasteiger partial charge in [-0.2, -0.15) is 0 Å². The Morgan fingerprint density at radius 3 is 2.85 bits per heavy atom. The summed E-state index contributed by atoms with van der Waals surface area (Å²) in [6, 6.07) is -0.224. The van der Waals surface area contributed by atoms with E-state index in [2.05, 4.69) is 10.6 Å². The molecule has 1 rings (SSSR count). The average Bonchev–Trinajstić information content (AvgIpc) is 2.13. The molecule has 2 amide bonds. The maximum absolute atomic E-state index is 11.0. The van der Waals surface area contributed by atoms with E-state index in [-0.39, 0.29) is 24.2 Å². The highest BCUT2D eigenvalue weighted by Crippen LogP contribution is 2.22. The number of amides is 2. The second kappa shape index (κ2) is 4.43. The number of urea groups is 1. The maximum atomic E-state index is 11.0. The summed E-state index contributed by atoms with van der Waals surface area (Å²) in [7, 11) is 1.58. The third kappa shape index (κ3) is 2.32. The Morgan fingerprint density at radius 1 is 1.69 bits per heavy atom. The van der Waals surface area contributed by atoms with Gasteiger partial charge in [-0.1, -0.05) is 0 Å². The van der Waals surface area contributed by atoms with E-state index in [9.17, 15) is 4.79 Å². The highest BCUT2D eigenvalue weighted by Gasteiger charge is 2.40. The van der Waals surface area contributed by atoms with Crippen LogP contribution < -0.4 is 16.4 Å².